The van der Waals surface area contributed by atoms with Crippen LogP contribution < -0.4 is 0 Å². The molecule has 0 unspecified atom stereocenters. The molecule has 3 heteroatoms. The molecule has 0 aromatic carbocycles. The fourth-order valence-corrected chi connectivity index (χ4v) is 2.48. The van der Waals surface area contributed by atoms with Crippen LogP contribution in [-0.4, -0.2) is 18.9 Å². The largest absolute Gasteiger partial charge is 0.469 e. The summed E-state index contributed by atoms with van der Waals surface area (Å²) in [6.07, 6.45) is 3.01. The number of rotatable bonds is 1. The third-order valence-corrected chi connectivity index (χ3v) is 3.34. The zero-order chi connectivity index (χ0) is 8.77. The van der Waals surface area contributed by atoms with Gasteiger partial charge in [-0.1, -0.05) is 0 Å². The van der Waals surface area contributed by atoms with Crippen molar-refractivity contribution >= 4 is 11.8 Å². The van der Waals surface area contributed by atoms with Crippen LogP contribution in [0.4, 0.5) is 0 Å². The van der Waals surface area contributed by atoms with E-state index in [-0.39, 0.29) is 17.7 Å². The fourth-order valence-electron chi connectivity index (χ4n) is 2.48. The Labute approximate surface area is 71.1 Å². The Bertz CT molecular complexity index is 246. The third-order valence-electron chi connectivity index (χ3n) is 3.34. The van der Waals surface area contributed by atoms with Crippen LogP contribution in [0.25, 0.3) is 0 Å². The van der Waals surface area contributed by atoms with Gasteiger partial charge in [0, 0.05) is 12.3 Å². The van der Waals surface area contributed by atoms with Gasteiger partial charge in [-0.2, -0.15) is 0 Å². The van der Waals surface area contributed by atoms with Gasteiger partial charge in [0.05, 0.1) is 12.5 Å². The van der Waals surface area contributed by atoms with Crippen LogP contribution >= 0.6 is 0 Å². The van der Waals surface area contributed by atoms with Crippen LogP contribution in [0.15, 0.2) is 0 Å². The Morgan fingerprint density at radius 2 is 2.33 bits per heavy atom. The summed E-state index contributed by atoms with van der Waals surface area (Å²) in [5.41, 5.74) is -0.397. The first kappa shape index (κ1) is 7.77. The number of carbonyl (C=O) groups is 2. The average Bonchev–Trinajstić information content (AvgIpc) is 2.22. The number of hydrogen-bond acceptors (Lipinski definition) is 3. The van der Waals surface area contributed by atoms with Crippen LogP contribution in [0, 0.1) is 11.3 Å². The van der Waals surface area contributed by atoms with E-state index < -0.39 is 5.41 Å². The van der Waals surface area contributed by atoms with Crippen molar-refractivity contribution in [1.29, 1.82) is 0 Å². The predicted octanol–water partition coefficient (Wildman–Crippen LogP) is 0.919. The molecule has 2 aliphatic rings. The highest BCUT2D eigenvalue weighted by Gasteiger charge is 2.60. The maximum absolute atomic E-state index is 11.4. The zero-order valence-corrected chi connectivity index (χ0v) is 7.13. The van der Waals surface area contributed by atoms with Gasteiger partial charge in [0.2, 0.25) is 0 Å². The molecule has 0 heterocycles. The topological polar surface area (TPSA) is 43.4 Å². The van der Waals surface area contributed by atoms with Crippen molar-refractivity contribution in [3.05, 3.63) is 0 Å². The first-order chi connectivity index (χ1) is 5.70. The van der Waals surface area contributed by atoms with Gasteiger partial charge >= 0.3 is 5.97 Å². The molecule has 66 valence electrons. The number of methoxy groups -OCH3 is 1. The van der Waals surface area contributed by atoms with Crippen molar-refractivity contribution in [2.75, 3.05) is 7.11 Å². The standard InChI is InChI=1S/C9H12O3/c1-12-8(11)9-4-2-6(9)7(10)3-5-9/h6H,2-5H2,1H3/t6-,9-/m1/s1. The highest BCUT2D eigenvalue weighted by molar-refractivity contribution is 5.94. The maximum Gasteiger partial charge on any atom is 0.312 e. The summed E-state index contributed by atoms with van der Waals surface area (Å²) >= 11 is 0. The molecule has 2 atom stereocenters. The Hall–Kier alpha value is -0.860. The molecule has 0 saturated heterocycles. The minimum Gasteiger partial charge on any atom is -0.469 e. The number of esters is 1. The van der Waals surface area contributed by atoms with Crippen LogP contribution in [0.3, 0.4) is 0 Å². The Balaban J connectivity index is 2.23. The number of hydrogen-bond donors (Lipinski definition) is 0. The lowest BCUT2D eigenvalue weighted by Gasteiger charge is -2.40. The predicted molar refractivity (Wildman–Crippen MR) is 41.4 cm³/mol. The van der Waals surface area contributed by atoms with Gasteiger partial charge < -0.3 is 4.74 Å². The molecular formula is C9H12O3. The number of Topliss-reactive ketones (excluding diaryl/α,β-unsaturated/α-hetero) is 1. The van der Waals surface area contributed by atoms with Gasteiger partial charge in [-0.05, 0) is 19.3 Å². The number of ketones is 1. The molecule has 2 rings (SSSR count). The van der Waals surface area contributed by atoms with Crippen LogP contribution in [0.5, 0.6) is 0 Å². The monoisotopic (exact) mass is 168 g/mol. The SMILES string of the molecule is COC(=O)[C@]12CCC(=O)[C@H]1CC2. The molecule has 0 spiro atoms. The minimum atomic E-state index is -0.397. The van der Waals surface area contributed by atoms with E-state index in [1.54, 1.807) is 0 Å². The summed E-state index contributed by atoms with van der Waals surface area (Å²) in [6, 6.07) is 0. The second-order valence-corrected chi connectivity index (χ2v) is 3.71. The Morgan fingerprint density at radius 1 is 1.58 bits per heavy atom. The van der Waals surface area contributed by atoms with E-state index in [2.05, 4.69) is 0 Å². The van der Waals surface area contributed by atoms with Crippen molar-refractivity contribution in [3.63, 3.8) is 0 Å². The van der Waals surface area contributed by atoms with Gasteiger partial charge in [-0.15, -0.1) is 0 Å². The summed E-state index contributed by atoms with van der Waals surface area (Å²) in [4.78, 5) is 22.6. The molecule has 0 aromatic heterocycles. The minimum absolute atomic E-state index is 0.00931. The highest BCUT2D eigenvalue weighted by atomic mass is 16.5. The summed E-state index contributed by atoms with van der Waals surface area (Å²) in [5.74, 6) is 0.0706. The number of ether oxygens (including phenoxy) is 1. The van der Waals surface area contributed by atoms with Crippen molar-refractivity contribution < 1.29 is 14.3 Å². The Morgan fingerprint density at radius 3 is 2.75 bits per heavy atom. The van der Waals surface area contributed by atoms with E-state index in [9.17, 15) is 9.59 Å². The van der Waals surface area contributed by atoms with Gasteiger partial charge in [-0.3, -0.25) is 9.59 Å². The number of carbonyl (C=O) groups excluding carboxylic acids is 2. The molecule has 0 amide bonds. The Kier molecular flexibility index (Phi) is 1.50. The van der Waals surface area contributed by atoms with Gasteiger partial charge in [0.1, 0.15) is 5.78 Å². The molecule has 12 heavy (non-hydrogen) atoms. The van der Waals surface area contributed by atoms with Crippen molar-refractivity contribution in [3.8, 4) is 0 Å². The third kappa shape index (κ3) is 0.713. The zero-order valence-electron chi connectivity index (χ0n) is 7.13. The van der Waals surface area contributed by atoms with E-state index in [0.717, 1.165) is 12.8 Å². The van der Waals surface area contributed by atoms with E-state index in [1.165, 1.54) is 7.11 Å². The summed E-state index contributed by atoms with van der Waals surface area (Å²) in [7, 11) is 1.40. The van der Waals surface area contributed by atoms with Crippen molar-refractivity contribution in [2.24, 2.45) is 11.3 Å². The molecule has 2 aliphatic carbocycles. The van der Waals surface area contributed by atoms with E-state index in [0.29, 0.717) is 12.8 Å². The van der Waals surface area contributed by atoms with Gasteiger partial charge in [-0.25, -0.2) is 0 Å². The van der Waals surface area contributed by atoms with E-state index in [4.69, 9.17) is 4.74 Å². The average molecular weight is 168 g/mol. The fraction of sp³-hybridized carbons (Fsp3) is 0.778. The molecule has 0 N–H and O–H groups in total. The van der Waals surface area contributed by atoms with Crippen LogP contribution in [0.2, 0.25) is 0 Å². The molecule has 0 radical (unpaired) electrons. The van der Waals surface area contributed by atoms with Crippen LogP contribution in [0.1, 0.15) is 25.7 Å². The van der Waals surface area contributed by atoms with Crippen molar-refractivity contribution in [1.82, 2.24) is 0 Å². The van der Waals surface area contributed by atoms with E-state index >= 15 is 0 Å². The quantitative estimate of drug-likeness (QED) is 0.547. The molecule has 2 saturated carbocycles. The van der Waals surface area contributed by atoms with Gasteiger partial charge in [0.25, 0.3) is 0 Å². The summed E-state index contributed by atoms with van der Waals surface area (Å²) in [6.45, 7) is 0. The van der Waals surface area contributed by atoms with Gasteiger partial charge in [0.15, 0.2) is 0 Å². The lowest BCUT2D eigenvalue weighted by molar-refractivity contribution is -0.164. The van der Waals surface area contributed by atoms with Crippen LogP contribution in [-0.2, 0) is 14.3 Å². The lowest BCUT2D eigenvalue weighted by atomic mass is 9.62. The smallest absolute Gasteiger partial charge is 0.312 e. The molecule has 0 aliphatic heterocycles. The first-order valence-corrected chi connectivity index (χ1v) is 4.32. The summed E-state index contributed by atoms with van der Waals surface area (Å²) in [5, 5.41) is 0. The molecule has 3 nitrogen and oxygen atoms in total. The second kappa shape index (κ2) is 2.31. The summed E-state index contributed by atoms with van der Waals surface area (Å²) < 4.78 is 4.72. The molecular weight excluding hydrogens is 156 g/mol. The molecule has 2 fully saturated rings. The maximum atomic E-state index is 11.4. The second-order valence-electron chi connectivity index (χ2n) is 3.71. The van der Waals surface area contributed by atoms with Crippen molar-refractivity contribution in [2.45, 2.75) is 25.7 Å². The lowest BCUT2D eigenvalue weighted by Crippen LogP contribution is -2.45. The molecule has 0 bridgehead atoms. The normalized spacial score (nSPS) is 38.8. The highest BCUT2D eigenvalue weighted by Crippen LogP contribution is 2.56. The van der Waals surface area contributed by atoms with E-state index in [1.807, 2.05) is 0 Å². The molecule has 0 aromatic rings. The first-order valence-electron chi connectivity index (χ1n) is 4.32. The number of fused-ring (bicyclic) bond motifs is 1.